The molecule has 1 N–H and O–H groups in total. The zero-order valence-electron chi connectivity index (χ0n) is 17.8. The minimum Gasteiger partial charge on any atom is -0.508 e. The Kier molecular flexibility index (Phi) is 6.69. The topological polar surface area (TPSA) is 94.4 Å². The molecule has 0 saturated carbocycles. The third kappa shape index (κ3) is 5.57. The molecule has 7 nitrogen and oxygen atoms in total. The Bertz CT molecular complexity index is 1150. The van der Waals surface area contributed by atoms with Gasteiger partial charge in [0.2, 0.25) is 5.60 Å². The number of esters is 2. The Morgan fingerprint density at radius 2 is 1.52 bits per heavy atom. The van der Waals surface area contributed by atoms with Crippen LogP contribution in [0.2, 0.25) is 0 Å². The van der Waals surface area contributed by atoms with Crippen molar-refractivity contribution in [3.05, 3.63) is 102 Å². The number of nitrogens with zero attached hydrogens (tertiary/aromatic N) is 1. The van der Waals surface area contributed by atoms with Crippen LogP contribution in [0.25, 0.3) is 0 Å². The molecule has 0 fully saturated rings. The van der Waals surface area contributed by atoms with Crippen molar-refractivity contribution in [2.24, 2.45) is 5.16 Å². The van der Waals surface area contributed by atoms with E-state index >= 15 is 0 Å². The van der Waals surface area contributed by atoms with Crippen LogP contribution < -0.4 is 0 Å². The molecule has 1 heterocycles. The quantitative estimate of drug-likeness (QED) is 0.524. The van der Waals surface area contributed by atoms with E-state index in [1.807, 2.05) is 60.7 Å². The van der Waals surface area contributed by atoms with E-state index in [4.69, 9.17) is 14.3 Å². The van der Waals surface area contributed by atoms with Crippen LogP contribution in [0.1, 0.15) is 29.5 Å². The SMILES string of the molecule is O=C(C[C@@]1(C(=O)OCc2ccccc2)CC(c2cccc(O)c2)=NO1)OCc1ccccc1. The summed E-state index contributed by atoms with van der Waals surface area (Å²) in [5.74, 6) is -1.26. The van der Waals surface area contributed by atoms with Crippen molar-refractivity contribution in [2.45, 2.75) is 31.7 Å². The van der Waals surface area contributed by atoms with Crippen LogP contribution >= 0.6 is 0 Å². The van der Waals surface area contributed by atoms with Gasteiger partial charge in [0.15, 0.2) is 0 Å². The molecule has 3 aromatic carbocycles. The number of hydrogen-bond acceptors (Lipinski definition) is 7. The van der Waals surface area contributed by atoms with Crippen LogP contribution in [0.4, 0.5) is 0 Å². The summed E-state index contributed by atoms with van der Waals surface area (Å²) in [6, 6.07) is 24.9. The van der Waals surface area contributed by atoms with Gasteiger partial charge in [0.1, 0.15) is 19.0 Å². The van der Waals surface area contributed by atoms with Gasteiger partial charge in [0, 0.05) is 12.0 Å². The van der Waals surface area contributed by atoms with Crippen molar-refractivity contribution in [3.8, 4) is 5.75 Å². The first-order valence-electron chi connectivity index (χ1n) is 10.5. The van der Waals surface area contributed by atoms with Gasteiger partial charge in [-0.2, -0.15) is 0 Å². The Labute approximate surface area is 191 Å². The second-order valence-electron chi connectivity index (χ2n) is 7.74. The van der Waals surface area contributed by atoms with E-state index in [0.29, 0.717) is 11.3 Å². The van der Waals surface area contributed by atoms with E-state index in [1.54, 1.807) is 12.1 Å². The van der Waals surface area contributed by atoms with Crippen LogP contribution in [0.5, 0.6) is 5.75 Å². The first-order valence-corrected chi connectivity index (χ1v) is 10.5. The lowest BCUT2D eigenvalue weighted by Crippen LogP contribution is -2.43. The largest absolute Gasteiger partial charge is 0.508 e. The fraction of sp³-hybridized carbons (Fsp3) is 0.192. The van der Waals surface area contributed by atoms with Gasteiger partial charge in [-0.1, -0.05) is 78.0 Å². The van der Waals surface area contributed by atoms with Crippen LogP contribution in [-0.4, -0.2) is 28.4 Å². The van der Waals surface area contributed by atoms with E-state index in [2.05, 4.69) is 5.16 Å². The average Bonchev–Trinajstić information content (AvgIpc) is 3.28. The molecule has 168 valence electrons. The van der Waals surface area contributed by atoms with Crippen LogP contribution in [0, 0.1) is 0 Å². The molecule has 1 aliphatic heterocycles. The van der Waals surface area contributed by atoms with E-state index in [0.717, 1.165) is 11.1 Å². The highest BCUT2D eigenvalue weighted by atomic mass is 16.7. The lowest BCUT2D eigenvalue weighted by atomic mass is 9.91. The van der Waals surface area contributed by atoms with Crippen LogP contribution in [0.15, 0.2) is 90.1 Å². The lowest BCUT2D eigenvalue weighted by Gasteiger charge is -2.23. The van der Waals surface area contributed by atoms with Gasteiger partial charge in [-0.25, -0.2) is 4.79 Å². The number of carbonyl (C=O) groups excluding carboxylic acids is 2. The molecule has 0 saturated heterocycles. The molecule has 7 heteroatoms. The second-order valence-corrected chi connectivity index (χ2v) is 7.74. The molecule has 0 aliphatic carbocycles. The van der Waals surface area contributed by atoms with E-state index in [1.165, 1.54) is 12.1 Å². The highest BCUT2D eigenvalue weighted by Gasteiger charge is 2.50. The summed E-state index contributed by atoms with van der Waals surface area (Å²) in [6.07, 6.45) is -0.357. The average molecular weight is 445 g/mol. The van der Waals surface area contributed by atoms with Gasteiger partial charge in [0.05, 0.1) is 12.1 Å². The Morgan fingerprint density at radius 3 is 2.15 bits per heavy atom. The van der Waals surface area contributed by atoms with E-state index in [9.17, 15) is 14.7 Å². The number of benzene rings is 3. The number of aromatic hydroxyl groups is 1. The van der Waals surface area contributed by atoms with Crippen molar-refractivity contribution in [1.82, 2.24) is 0 Å². The maximum absolute atomic E-state index is 13.1. The molecule has 0 aromatic heterocycles. The zero-order valence-corrected chi connectivity index (χ0v) is 17.8. The predicted molar refractivity (Wildman–Crippen MR) is 120 cm³/mol. The molecule has 0 spiro atoms. The van der Waals surface area contributed by atoms with Gasteiger partial charge < -0.3 is 19.4 Å². The molecule has 1 aliphatic rings. The number of rotatable bonds is 8. The van der Waals surface area contributed by atoms with Crippen molar-refractivity contribution < 1.29 is 29.0 Å². The minimum absolute atomic E-state index is 0.00448. The number of oxime groups is 1. The van der Waals surface area contributed by atoms with Gasteiger partial charge >= 0.3 is 11.9 Å². The van der Waals surface area contributed by atoms with E-state index < -0.39 is 17.5 Å². The fourth-order valence-corrected chi connectivity index (χ4v) is 3.47. The molecular weight excluding hydrogens is 422 g/mol. The number of ether oxygens (including phenoxy) is 2. The highest BCUT2D eigenvalue weighted by Crippen LogP contribution is 2.33. The maximum Gasteiger partial charge on any atom is 0.354 e. The van der Waals surface area contributed by atoms with Crippen molar-refractivity contribution in [1.29, 1.82) is 0 Å². The number of phenolic OH excluding ortho intramolecular Hbond substituents is 1. The normalized spacial score (nSPS) is 17.0. The van der Waals surface area contributed by atoms with Gasteiger partial charge in [-0.15, -0.1) is 0 Å². The molecule has 1 atom stereocenters. The molecule has 0 unspecified atom stereocenters. The van der Waals surface area contributed by atoms with Crippen LogP contribution in [-0.2, 0) is 37.1 Å². The summed E-state index contributed by atoms with van der Waals surface area (Å²) in [4.78, 5) is 31.3. The highest BCUT2D eigenvalue weighted by molar-refractivity contribution is 6.05. The van der Waals surface area contributed by atoms with Crippen molar-refractivity contribution in [3.63, 3.8) is 0 Å². The zero-order chi connectivity index (χ0) is 23.1. The first kappa shape index (κ1) is 22.1. The maximum atomic E-state index is 13.1. The van der Waals surface area contributed by atoms with Crippen molar-refractivity contribution >= 4 is 17.7 Å². The smallest absolute Gasteiger partial charge is 0.354 e. The van der Waals surface area contributed by atoms with Gasteiger partial charge in [0.25, 0.3) is 0 Å². The third-order valence-electron chi connectivity index (χ3n) is 5.22. The van der Waals surface area contributed by atoms with Gasteiger partial charge in [-0.05, 0) is 23.3 Å². The molecule has 0 amide bonds. The van der Waals surface area contributed by atoms with Gasteiger partial charge in [-0.3, -0.25) is 4.79 Å². The fourth-order valence-electron chi connectivity index (χ4n) is 3.47. The summed E-state index contributed by atoms with van der Waals surface area (Å²) in [6.45, 7) is 0.112. The first-order chi connectivity index (χ1) is 16.0. The summed E-state index contributed by atoms with van der Waals surface area (Å²) in [5, 5.41) is 13.8. The molecule has 4 rings (SSSR count). The monoisotopic (exact) mass is 445 g/mol. The minimum atomic E-state index is -1.65. The standard InChI is InChI=1S/C26H23NO6/c28-22-13-7-12-21(14-22)23-15-26(33-27-23,25(30)32-18-20-10-5-2-6-11-20)16-24(29)31-17-19-8-3-1-4-9-19/h1-14,28H,15-18H2/t26-/m1/s1. The number of carbonyl (C=O) groups is 2. The Hall–Kier alpha value is -4.13. The number of phenols is 1. The van der Waals surface area contributed by atoms with E-state index in [-0.39, 0.29) is 31.8 Å². The summed E-state index contributed by atoms with van der Waals surface area (Å²) in [7, 11) is 0. The van der Waals surface area contributed by atoms with Crippen molar-refractivity contribution in [2.75, 3.05) is 0 Å². The lowest BCUT2D eigenvalue weighted by molar-refractivity contribution is -0.178. The third-order valence-corrected chi connectivity index (χ3v) is 5.22. The Morgan fingerprint density at radius 1 is 0.879 bits per heavy atom. The summed E-state index contributed by atoms with van der Waals surface area (Å²) in [5.41, 5.74) is 1.00. The molecule has 0 bridgehead atoms. The molecular formula is C26H23NO6. The summed E-state index contributed by atoms with van der Waals surface area (Å²) < 4.78 is 10.9. The molecule has 33 heavy (non-hydrogen) atoms. The number of hydrogen-bond donors (Lipinski definition) is 1. The molecule has 0 radical (unpaired) electrons. The Balaban J connectivity index is 1.48. The van der Waals surface area contributed by atoms with Crippen LogP contribution in [0.3, 0.4) is 0 Å². The summed E-state index contributed by atoms with van der Waals surface area (Å²) >= 11 is 0. The second kappa shape index (κ2) is 9.99. The molecule has 3 aromatic rings. The predicted octanol–water partition coefficient (Wildman–Crippen LogP) is 4.13.